The molecule has 0 aliphatic rings. The highest BCUT2D eigenvalue weighted by molar-refractivity contribution is 7.92. The van der Waals surface area contributed by atoms with E-state index >= 15 is 0 Å². The van der Waals surface area contributed by atoms with Crippen LogP contribution in [0.3, 0.4) is 0 Å². The summed E-state index contributed by atoms with van der Waals surface area (Å²) < 4.78 is 67.0. The third-order valence-electron chi connectivity index (χ3n) is 4.99. The summed E-state index contributed by atoms with van der Waals surface area (Å²) in [5.41, 5.74) is 0.170. The molecule has 0 amide bonds. The summed E-state index contributed by atoms with van der Waals surface area (Å²) in [7, 11) is -1.42. The molecule has 3 rings (SSSR count). The molecule has 0 radical (unpaired) electrons. The Hall–Kier alpha value is -2.88. The predicted molar refractivity (Wildman–Crippen MR) is 122 cm³/mol. The average molecular weight is 498 g/mol. The lowest BCUT2D eigenvalue weighted by molar-refractivity contribution is 0.306. The molecule has 33 heavy (non-hydrogen) atoms. The van der Waals surface area contributed by atoms with E-state index in [-0.39, 0.29) is 45.4 Å². The number of nitrogens with zero attached hydrogens (tertiary/aromatic N) is 1. The van der Waals surface area contributed by atoms with Gasteiger partial charge in [-0.1, -0.05) is 17.7 Å². The molecular formula is C23H22ClF2NO5S. The van der Waals surface area contributed by atoms with Gasteiger partial charge in [0, 0.05) is 23.1 Å². The van der Waals surface area contributed by atoms with Crippen LogP contribution in [0, 0.1) is 11.6 Å². The summed E-state index contributed by atoms with van der Waals surface area (Å²) >= 11 is 6.11. The van der Waals surface area contributed by atoms with Gasteiger partial charge < -0.3 is 14.6 Å². The van der Waals surface area contributed by atoms with E-state index in [1.54, 1.807) is 0 Å². The monoisotopic (exact) mass is 497 g/mol. The average Bonchev–Trinajstić information content (AvgIpc) is 2.79. The van der Waals surface area contributed by atoms with Gasteiger partial charge in [0.25, 0.3) is 10.0 Å². The SMILES string of the molecule is COc1ccc(S(=O)(=O)N(CCO)c2ccc(Cl)cc2Cc2c(F)cccc2F)cc1OC. The van der Waals surface area contributed by atoms with Gasteiger partial charge in [0.05, 0.1) is 38.0 Å². The van der Waals surface area contributed by atoms with Gasteiger partial charge in [-0.3, -0.25) is 4.31 Å². The molecule has 0 saturated carbocycles. The first-order valence-corrected chi connectivity index (χ1v) is 11.6. The molecule has 10 heteroatoms. The Morgan fingerprint density at radius 3 is 2.24 bits per heavy atom. The summed E-state index contributed by atoms with van der Waals surface area (Å²) in [6.07, 6.45) is -0.252. The van der Waals surface area contributed by atoms with Crippen LogP contribution in [0.4, 0.5) is 14.5 Å². The molecule has 176 valence electrons. The molecule has 0 fully saturated rings. The molecule has 0 heterocycles. The summed E-state index contributed by atoms with van der Waals surface area (Å²) in [5, 5.41) is 9.88. The van der Waals surface area contributed by atoms with Crippen molar-refractivity contribution < 1.29 is 31.8 Å². The molecule has 6 nitrogen and oxygen atoms in total. The third kappa shape index (κ3) is 5.21. The number of benzene rings is 3. The highest BCUT2D eigenvalue weighted by Crippen LogP contribution is 2.35. The normalized spacial score (nSPS) is 11.3. The number of hydrogen-bond acceptors (Lipinski definition) is 5. The van der Waals surface area contributed by atoms with Crippen molar-refractivity contribution in [3.05, 3.63) is 82.4 Å². The van der Waals surface area contributed by atoms with Crippen molar-refractivity contribution in [1.82, 2.24) is 0 Å². The molecule has 0 saturated heterocycles. The number of hydrogen-bond donors (Lipinski definition) is 1. The van der Waals surface area contributed by atoms with Crippen LogP contribution in [0.5, 0.6) is 11.5 Å². The summed E-state index contributed by atoms with van der Waals surface area (Å²) in [6.45, 7) is -0.798. The maximum absolute atomic E-state index is 14.3. The van der Waals surface area contributed by atoms with Crippen LogP contribution in [0.1, 0.15) is 11.1 Å². The van der Waals surface area contributed by atoms with Crippen molar-refractivity contribution >= 4 is 27.3 Å². The second-order valence-corrected chi connectivity index (χ2v) is 9.27. The van der Waals surface area contributed by atoms with Gasteiger partial charge in [0.15, 0.2) is 11.5 Å². The van der Waals surface area contributed by atoms with Crippen molar-refractivity contribution in [1.29, 1.82) is 0 Å². The Morgan fingerprint density at radius 1 is 0.970 bits per heavy atom. The minimum Gasteiger partial charge on any atom is -0.493 e. The number of anilines is 1. The zero-order valence-corrected chi connectivity index (χ0v) is 19.5. The fourth-order valence-corrected chi connectivity index (χ4v) is 5.10. The predicted octanol–water partition coefficient (Wildman–Crippen LogP) is 4.41. The van der Waals surface area contributed by atoms with Crippen molar-refractivity contribution in [3.63, 3.8) is 0 Å². The van der Waals surface area contributed by atoms with Crippen molar-refractivity contribution in [2.45, 2.75) is 11.3 Å². The number of sulfonamides is 1. The van der Waals surface area contributed by atoms with E-state index in [2.05, 4.69) is 0 Å². The first-order valence-electron chi connectivity index (χ1n) is 9.79. The molecule has 0 aliphatic heterocycles. The molecule has 0 aliphatic carbocycles. The van der Waals surface area contributed by atoms with E-state index in [1.807, 2.05) is 0 Å². The van der Waals surface area contributed by atoms with Gasteiger partial charge in [-0.15, -0.1) is 0 Å². The Morgan fingerprint density at radius 2 is 1.64 bits per heavy atom. The fraction of sp³-hybridized carbons (Fsp3) is 0.217. The molecule has 3 aromatic rings. The lowest BCUT2D eigenvalue weighted by Gasteiger charge is -2.27. The number of rotatable bonds is 9. The van der Waals surface area contributed by atoms with E-state index in [0.717, 1.165) is 16.4 Å². The Kier molecular flexibility index (Phi) is 7.78. The van der Waals surface area contributed by atoms with Gasteiger partial charge in [-0.05, 0) is 48.0 Å². The van der Waals surface area contributed by atoms with Gasteiger partial charge in [-0.2, -0.15) is 0 Å². The van der Waals surface area contributed by atoms with Crippen molar-refractivity contribution in [2.75, 3.05) is 31.7 Å². The van der Waals surface area contributed by atoms with E-state index < -0.39 is 28.3 Å². The standard InChI is InChI=1S/C23H22ClF2NO5S/c1-31-22-9-7-17(14-23(22)32-2)33(29,30)27(10-11-28)21-8-6-16(24)12-15(21)13-18-19(25)4-3-5-20(18)26/h3-9,12,14,28H,10-11,13H2,1-2H3. The number of methoxy groups -OCH3 is 2. The molecule has 0 atom stereocenters. The fourth-order valence-electron chi connectivity index (χ4n) is 3.40. The highest BCUT2D eigenvalue weighted by atomic mass is 35.5. The van der Waals surface area contributed by atoms with Crippen LogP contribution in [0.2, 0.25) is 5.02 Å². The number of aliphatic hydroxyl groups is 1. The number of aliphatic hydroxyl groups excluding tert-OH is 1. The van der Waals surface area contributed by atoms with E-state index in [4.69, 9.17) is 21.1 Å². The lowest BCUT2D eigenvalue weighted by Crippen LogP contribution is -2.34. The van der Waals surface area contributed by atoms with Crippen LogP contribution < -0.4 is 13.8 Å². The van der Waals surface area contributed by atoms with E-state index in [0.29, 0.717) is 5.75 Å². The van der Waals surface area contributed by atoms with Gasteiger partial charge in [0.2, 0.25) is 0 Å². The molecule has 0 aromatic heterocycles. The maximum Gasteiger partial charge on any atom is 0.264 e. The topological polar surface area (TPSA) is 76.1 Å². The molecule has 0 bridgehead atoms. The quantitative estimate of drug-likeness (QED) is 0.474. The third-order valence-corrected chi connectivity index (χ3v) is 7.03. The highest BCUT2D eigenvalue weighted by Gasteiger charge is 2.28. The zero-order chi connectivity index (χ0) is 24.2. The summed E-state index contributed by atoms with van der Waals surface area (Å²) in [4.78, 5) is -0.119. The van der Waals surface area contributed by atoms with Gasteiger partial charge >= 0.3 is 0 Å². The van der Waals surface area contributed by atoms with E-state index in [9.17, 15) is 22.3 Å². The Bertz CT molecular complexity index is 1230. The molecule has 1 N–H and O–H groups in total. The Labute approximate surface area is 196 Å². The van der Waals surface area contributed by atoms with E-state index in [1.165, 1.54) is 56.7 Å². The largest absolute Gasteiger partial charge is 0.493 e. The molecule has 0 spiro atoms. The lowest BCUT2D eigenvalue weighted by atomic mass is 10.0. The van der Waals surface area contributed by atoms with Crippen LogP contribution in [-0.4, -0.2) is 40.9 Å². The maximum atomic E-state index is 14.3. The van der Waals surface area contributed by atoms with Crippen molar-refractivity contribution in [2.24, 2.45) is 0 Å². The van der Waals surface area contributed by atoms with Crippen LogP contribution in [0.25, 0.3) is 0 Å². The smallest absolute Gasteiger partial charge is 0.264 e. The summed E-state index contributed by atoms with van der Waals surface area (Å²) in [6, 6.07) is 11.9. The molecule has 3 aromatic carbocycles. The zero-order valence-electron chi connectivity index (χ0n) is 17.9. The van der Waals surface area contributed by atoms with Crippen LogP contribution >= 0.6 is 11.6 Å². The molecule has 0 unspecified atom stereocenters. The second kappa shape index (κ2) is 10.4. The second-order valence-electron chi connectivity index (χ2n) is 6.97. The minimum atomic E-state index is -4.21. The summed E-state index contributed by atoms with van der Waals surface area (Å²) in [5.74, 6) is -0.991. The van der Waals surface area contributed by atoms with Gasteiger partial charge in [0.1, 0.15) is 11.6 Å². The first-order chi connectivity index (χ1) is 15.7. The van der Waals surface area contributed by atoms with Crippen molar-refractivity contribution in [3.8, 4) is 11.5 Å². The van der Waals surface area contributed by atoms with Crippen LogP contribution in [0.15, 0.2) is 59.5 Å². The Balaban J connectivity index is 2.14. The molecular weight excluding hydrogens is 476 g/mol. The van der Waals surface area contributed by atoms with Crippen LogP contribution in [-0.2, 0) is 16.4 Å². The number of ether oxygens (including phenoxy) is 2. The first kappa shape index (κ1) is 24.8. The number of halogens is 3. The minimum absolute atomic E-state index is 0.119. The van der Waals surface area contributed by atoms with Gasteiger partial charge in [-0.25, -0.2) is 17.2 Å².